The third-order valence-electron chi connectivity index (χ3n) is 6.06. The number of imide groups is 1. The Morgan fingerprint density at radius 1 is 1.16 bits per heavy atom. The van der Waals surface area contributed by atoms with Gasteiger partial charge in [0.1, 0.15) is 0 Å². The van der Waals surface area contributed by atoms with Gasteiger partial charge in [-0.3, -0.25) is 24.2 Å². The van der Waals surface area contributed by atoms with Gasteiger partial charge < -0.3 is 4.42 Å². The Hall–Kier alpha value is -3.94. The van der Waals surface area contributed by atoms with E-state index in [4.69, 9.17) is 4.42 Å². The Labute approximate surface area is 183 Å². The zero-order chi connectivity index (χ0) is 22.4. The van der Waals surface area contributed by atoms with Gasteiger partial charge in [-0.2, -0.15) is 5.10 Å². The first kappa shape index (κ1) is 20.0. The second kappa shape index (κ2) is 7.64. The predicted molar refractivity (Wildman–Crippen MR) is 118 cm³/mol. The topological polar surface area (TPSA) is 99.1 Å². The summed E-state index contributed by atoms with van der Waals surface area (Å²) >= 11 is 0. The molecule has 0 spiro atoms. The smallest absolute Gasteiger partial charge is 0.408 e. The highest BCUT2D eigenvalue weighted by Crippen LogP contribution is 2.34. The number of aromatic nitrogens is 3. The van der Waals surface area contributed by atoms with Crippen molar-refractivity contribution in [3.05, 3.63) is 76.0 Å². The number of nitrogens with one attached hydrogen (secondary N) is 1. The molecule has 0 aliphatic carbocycles. The van der Waals surface area contributed by atoms with Crippen LogP contribution >= 0.6 is 0 Å². The molecule has 0 bridgehead atoms. The molecule has 4 aromatic rings. The highest BCUT2D eigenvalue weighted by Gasteiger charge is 2.29. The van der Waals surface area contributed by atoms with E-state index in [9.17, 15) is 14.4 Å². The van der Waals surface area contributed by atoms with Crippen LogP contribution in [0.2, 0.25) is 0 Å². The summed E-state index contributed by atoms with van der Waals surface area (Å²) in [5, 5.41) is 6.77. The standard InChI is InChI=1S/C24H22N4O4/c1-14-17(4-3-5-18(14)19-7-9-22(29)25-23(19)30)15-6-8-20-21(12-15)32-24(31)28(20)13-16-10-11-27(2)26-16/h3-6,8,10-12,19H,7,9,13H2,1-2H3,(H,25,29,30). The van der Waals surface area contributed by atoms with Gasteiger partial charge in [0, 0.05) is 19.7 Å². The molecule has 0 saturated carbocycles. The number of aryl methyl sites for hydroxylation is 1. The lowest BCUT2D eigenvalue weighted by atomic mass is 9.85. The van der Waals surface area contributed by atoms with Crippen LogP contribution in [0.25, 0.3) is 22.2 Å². The van der Waals surface area contributed by atoms with Crippen molar-refractivity contribution >= 4 is 22.9 Å². The molecule has 8 heteroatoms. The SMILES string of the molecule is Cc1c(-c2ccc3c(c2)oc(=O)n3Cc2ccn(C)n2)cccc1C1CCC(=O)NC1=O. The number of fused-ring (bicyclic) bond motifs is 1. The lowest BCUT2D eigenvalue weighted by Gasteiger charge is -2.23. The zero-order valence-electron chi connectivity index (χ0n) is 17.8. The van der Waals surface area contributed by atoms with E-state index < -0.39 is 5.76 Å². The lowest BCUT2D eigenvalue weighted by molar-refractivity contribution is -0.134. The largest absolute Gasteiger partial charge is 0.420 e. The minimum absolute atomic E-state index is 0.226. The molecule has 1 aliphatic heterocycles. The van der Waals surface area contributed by atoms with E-state index in [1.807, 2.05) is 62.6 Å². The first-order valence-corrected chi connectivity index (χ1v) is 10.5. The number of hydrogen-bond donors (Lipinski definition) is 1. The Morgan fingerprint density at radius 3 is 2.75 bits per heavy atom. The lowest BCUT2D eigenvalue weighted by Crippen LogP contribution is -2.39. The number of carbonyl (C=O) groups excluding carboxylic acids is 2. The Kier molecular flexibility index (Phi) is 4.77. The zero-order valence-corrected chi connectivity index (χ0v) is 17.8. The van der Waals surface area contributed by atoms with Crippen molar-refractivity contribution < 1.29 is 14.0 Å². The molecular weight excluding hydrogens is 408 g/mol. The van der Waals surface area contributed by atoms with Gasteiger partial charge in [0.2, 0.25) is 11.8 Å². The predicted octanol–water partition coefficient (Wildman–Crippen LogP) is 2.87. The monoisotopic (exact) mass is 430 g/mol. The molecule has 1 atom stereocenters. The molecule has 5 rings (SSSR count). The molecule has 2 amide bonds. The second-order valence-electron chi connectivity index (χ2n) is 8.14. The van der Waals surface area contributed by atoms with E-state index in [0.29, 0.717) is 30.5 Å². The van der Waals surface area contributed by atoms with Crippen LogP contribution in [-0.4, -0.2) is 26.2 Å². The molecular formula is C24H22N4O4. The maximum Gasteiger partial charge on any atom is 0.420 e. The van der Waals surface area contributed by atoms with Crippen LogP contribution in [0.1, 0.15) is 35.6 Å². The normalized spacial score (nSPS) is 16.5. The summed E-state index contributed by atoms with van der Waals surface area (Å²) in [5.41, 5.74) is 5.68. The van der Waals surface area contributed by atoms with Gasteiger partial charge in [-0.1, -0.05) is 24.3 Å². The van der Waals surface area contributed by atoms with Gasteiger partial charge >= 0.3 is 5.76 Å². The molecule has 1 fully saturated rings. The van der Waals surface area contributed by atoms with Gasteiger partial charge in [0.05, 0.1) is 23.7 Å². The summed E-state index contributed by atoms with van der Waals surface area (Å²) < 4.78 is 8.78. The Morgan fingerprint density at radius 2 is 2.00 bits per heavy atom. The molecule has 1 aliphatic rings. The fourth-order valence-corrected chi connectivity index (χ4v) is 4.43. The van der Waals surface area contributed by atoms with Crippen molar-refractivity contribution in [1.82, 2.24) is 19.7 Å². The second-order valence-corrected chi connectivity index (χ2v) is 8.14. The Balaban J connectivity index is 1.52. The van der Waals surface area contributed by atoms with Gasteiger partial charge in [0.15, 0.2) is 5.58 Å². The number of benzene rings is 2. The first-order valence-electron chi connectivity index (χ1n) is 10.5. The number of nitrogens with zero attached hydrogens (tertiary/aromatic N) is 3. The number of amides is 2. The highest BCUT2D eigenvalue weighted by atomic mass is 16.4. The van der Waals surface area contributed by atoms with E-state index in [0.717, 1.165) is 27.9 Å². The van der Waals surface area contributed by atoms with Crippen LogP contribution in [0.3, 0.4) is 0 Å². The minimum Gasteiger partial charge on any atom is -0.408 e. The van der Waals surface area contributed by atoms with Crippen LogP contribution in [0.5, 0.6) is 0 Å². The van der Waals surface area contributed by atoms with Crippen molar-refractivity contribution in [3.8, 4) is 11.1 Å². The maximum atomic E-state index is 12.5. The fraction of sp³-hybridized carbons (Fsp3) is 0.250. The average molecular weight is 430 g/mol. The third-order valence-corrected chi connectivity index (χ3v) is 6.06. The summed E-state index contributed by atoms with van der Waals surface area (Å²) in [7, 11) is 1.83. The summed E-state index contributed by atoms with van der Waals surface area (Å²) in [5.74, 6) is -1.27. The molecule has 1 unspecified atom stereocenters. The van der Waals surface area contributed by atoms with Crippen molar-refractivity contribution in [3.63, 3.8) is 0 Å². The van der Waals surface area contributed by atoms with E-state index in [-0.39, 0.29) is 17.7 Å². The summed E-state index contributed by atoms with van der Waals surface area (Å²) in [4.78, 5) is 36.4. The van der Waals surface area contributed by atoms with E-state index in [1.54, 1.807) is 9.25 Å². The van der Waals surface area contributed by atoms with Crippen LogP contribution in [0.4, 0.5) is 0 Å². The Bertz CT molecular complexity index is 1430. The van der Waals surface area contributed by atoms with Crippen molar-refractivity contribution in [2.45, 2.75) is 32.2 Å². The summed E-state index contributed by atoms with van der Waals surface area (Å²) in [6.07, 6.45) is 2.67. The molecule has 3 heterocycles. The third kappa shape index (κ3) is 3.43. The average Bonchev–Trinajstić information content (AvgIpc) is 3.31. The number of oxazole rings is 1. The number of rotatable bonds is 4. The molecule has 162 valence electrons. The summed E-state index contributed by atoms with van der Waals surface area (Å²) in [6.45, 7) is 2.30. The molecule has 1 N–H and O–H groups in total. The van der Waals surface area contributed by atoms with E-state index >= 15 is 0 Å². The minimum atomic E-state index is -0.434. The van der Waals surface area contributed by atoms with Crippen LogP contribution in [0, 0.1) is 6.92 Å². The van der Waals surface area contributed by atoms with Crippen molar-refractivity contribution in [2.24, 2.45) is 7.05 Å². The fourth-order valence-electron chi connectivity index (χ4n) is 4.43. The number of hydrogen-bond acceptors (Lipinski definition) is 5. The van der Waals surface area contributed by atoms with Crippen LogP contribution in [-0.2, 0) is 23.2 Å². The van der Waals surface area contributed by atoms with Gasteiger partial charge in [-0.15, -0.1) is 0 Å². The molecule has 0 radical (unpaired) electrons. The van der Waals surface area contributed by atoms with Crippen molar-refractivity contribution in [2.75, 3.05) is 0 Å². The quantitative estimate of drug-likeness (QED) is 0.502. The molecule has 2 aromatic carbocycles. The van der Waals surface area contributed by atoms with Gasteiger partial charge in [-0.05, 0) is 53.8 Å². The van der Waals surface area contributed by atoms with E-state index in [2.05, 4.69) is 10.4 Å². The first-order chi connectivity index (χ1) is 15.4. The van der Waals surface area contributed by atoms with Gasteiger partial charge in [-0.25, -0.2) is 4.79 Å². The van der Waals surface area contributed by atoms with Crippen LogP contribution < -0.4 is 11.1 Å². The van der Waals surface area contributed by atoms with Crippen molar-refractivity contribution in [1.29, 1.82) is 0 Å². The summed E-state index contributed by atoms with van der Waals surface area (Å²) in [6, 6.07) is 13.4. The van der Waals surface area contributed by atoms with Gasteiger partial charge in [0.25, 0.3) is 0 Å². The number of piperidine rings is 1. The number of carbonyl (C=O) groups is 2. The molecule has 2 aromatic heterocycles. The van der Waals surface area contributed by atoms with Crippen LogP contribution in [0.15, 0.2) is 57.9 Å². The highest BCUT2D eigenvalue weighted by molar-refractivity contribution is 6.01. The van der Waals surface area contributed by atoms with E-state index in [1.165, 1.54) is 0 Å². The molecule has 32 heavy (non-hydrogen) atoms. The molecule has 8 nitrogen and oxygen atoms in total. The molecule has 1 saturated heterocycles. The maximum absolute atomic E-state index is 12.5.